The second-order valence-electron chi connectivity index (χ2n) is 4.69. The highest BCUT2D eigenvalue weighted by Crippen LogP contribution is 2.20. The minimum Gasteiger partial charge on any atom is -0.461 e. The normalized spacial score (nSPS) is 10.5. The number of H-pyrrole nitrogens is 1. The predicted molar refractivity (Wildman–Crippen MR) is 81.0 cm³/mol. The number of aromatic nitrogens is 4. The van der Waals surface area contributed by atoms with Gasteiger partial charge >= 0.3 is 5.97 Å². The number of benzene rings is 1. The zero-order valence-corrected chi connectivity index (χ0v) is 12.3. The molecule has 0 aliphatic carbocycles. The number of nitrogens with one attached hydrogen (secondary N) is 1. The highest BCUT2D eigenvalue weighted by Gasteiger charge is 2.12. The summed E-state index contributed by atoms with van der Waals surface area (Å²) < 4.78 is 18.1. The van der Waals surface area contributed by atoms with Crippen molar-refractivity contribution in [2.45, 2.75) is 6.92 Å². The van der Waals surface area contributed by atoms with Gasteiger partial charge in [0.15, 0.2) is 5.82 Å². The average Bonchev–Trinajstić information content (AvgIpc) is 3.05. The van der Waals surface area contributed by atoms with Gasteiger partial charge in [0.2, 0.25) is 0 Å². The van der Waals surface area contributed by atoms with E-state index in [2.05, 4.69) is 20.2 Å². The molecule has 0 aliphatic heterocycles. The van der Waals surface area contributed by atoms with Crippen LogP contribution in [0.2, 0.25) is 0 Å². The van der Waals surface area contributed by atoms with Gasteiger partial charge in [0.1, 0.15) is 11.5 Å². The maximum atomic E-state index is 13.2. The first-order valence-electron chi connectivity index (χ1n) is 6.98. The maximum Gasteiger partial charge on any atom is 0.356 e. The Labute approximate surface area is 131 Å². The van der Waals surface area contributed by atoms with Crippen molar-refractivity contribution in [2.24, 2.45) is 0 Å². The number of aromatic amines is 1. The van der Waals surface area contributed by atoms with Gasteiger partial charge < -0.3 is 4.74 Å². The van der Waals surface area contributed by atoms with Crippen molar-refractivity contribution in [3.05, 3.63) is 54.2 Å². The van der Waals surface area contributed by atoms with E-state index in [0.717, 1.165) is 0 Å². The van der Waals surface area contributed by atoms with Crippen molar-refractivity contribution in [1.82, 2.24) is 20.2 Å². The summed E-state index contributed by atoms with van der Waals surface area (Å²) >= 11 is 0. The number of halogens is 1. The van der Waals surface area contributed by atoms with Gasteiger partial charge in [-0.1, -0.05) is 12.1 Å². The van der Waals surface area contributed by atoms with Crippen LogP contribution >= 0.6 is 0 Å². The zero-order chi connectivity index (χ0) is 16.2. The molecule has 0 saturated carbocycles. The number of carbonyl (C=O) groups excluding carboxylic acids is 1. The van der Waals surface area contributed by atoms with Gasteiger partial charge in [-0.3, -0.25) is 5.10 Å². The van der Waals surface area contributed by atoms with E-state index in [0.29, 0.717) is 29.3 Å². The molecule has 0 aliphatic rings. The van der Waals surface area contributed by atoms with E-state index in [4.69, 9.17) is 4.74 Å². The molecule has 2 aromatic heterocycles. The van der Waals surface area contributed by atoms with E-state index in [1.165, 1.54) is 12.1 Å². The molecule has 1 N–H and O–H groups in total. The molecule has 0 saturated heterocycles. The van der Waals surface area contributed by atoms with Gasteiger partial charge in [-0.15, -0.1) is 0 Å². The SMILES string of the molecule is CCOC(=O)c1cc(-c2cnc(-c3cccc(F)c3)nc2)n[nH]1. The summed E-state index contributed by atoms with van der Waals surface area (Å²) in [5.74, 6) is -0.403. The molecule has 0 fully saturated rings. The minimum atomic E-state index is -0.469. The van der Waals surface area contributed by atoms with E-state index < -0.39 is 5.97 Å². The van der Waals surface area contributed by atoms with Crippen LogP contribution in [0, 0.1) is 5.82 Å². The molecule has 0 spiro atoms. The van der Waals surface area contributed by atoms with Crippen LogP contribution in [0.15, 0.2) is 42.7 Å². The lowest BCUT2D eigenvalue weighted by atomic mass is 10.2. The quantitative estimate of drug-likeness (QED) is 0.749. The fourth-order valence-corrected chi connectivity index (χ4v) is 2.02. The largest absolute Gasteiger partial charge is 0.461 e. The Bertz CT molecular complexity index is 830. The molecule has 0 radical (unpaired) electrons. The van der Waals surface area contributed by atoms with Crippen LogP contribution in [0.25, 0.3) is 22.6 Å². The number of carbonyl (C=O) groups is 1. The van der Waals surface area contributed by atoms with Gasteiger partial charge in [-0.05, 0) is 25.1 Å². The number of hydrogen-bond acceptors (Lipinski definition) is 5. The third-order valence-electron chi connectivity index (χ3n) is 3.10. The molecule has 3 aromatic rings. The third-order valence-corrected chi connectivity index (χ3v) is 3.10. The smallest absolute Gasteiger partial charge is 0.356 e. The Morgan fingerprint density at radius 1 is 1.22 bits per heavy atom. The van der Waals surface area contributed by atoms with Crippen molar-refractivity contribution in [3.63, 3.8) is 0 Å². The predicted octanol–water partition coefficient (Wildman–Crippen LogP) is 2.85. The first-order chi connectivity index (χ1) is 11.2. The van der Waals surface area contributed by atoms with Crippen LogP contribution < -0.4 is 0 Å². The number of ether oxygens (including phenoxy) is 1. The van der Waals surface area contributed by atoms with Crippen molar-refractivity contribution in [2.75, 3.05) is 6.61 Å². The first kappa shape index (κ1) is 14.8. The Kier molecular flexibility index (Phi) is 4.09. The first-order valence-corrected chi connectivity index (χ1v) is 6.98. The highest BCUT2D eigenvalue weighted by molar-refractivity contribution is 5.88. The maximum absolute atomic E-state index is 13.2. The summed E-state index contributed by atoms with van der Waals surface area (Å²) in [6.07, 6.45) is 3.14. The summed E-state index contributed by atoms with van der Waals surface area (Å²) in [7, 11) is 0. The van der Waals surface area contributed by atoms with Crippen LogP contribution in [-0.4, -0.2) is 32.7 Å². The van der Waals surface area contributed by atoms with Crippen LogP contribution in [0.1, 0.15) is 17.4 Å². The summed E-state index contributed by atoms with van der Waals surface area (Å²) in [5.41, 5.74) is 2.01. The molecule has 0 unspecified atom stereocenters. The number of nitrogens with zero attached hydrogens (tertiary/aromatic N) is 3. The van der Waals surface area contributed by atoms with E-state index in [1.807, 2.05) is 0 Å². The zero-order valence-electron chi connectivity index (χ0n) is 12.3. The Morgan fingerprint density at radius 3 is 2.70 bits per heavy atom. The van der Waals surface area contributed by atoms with E-state index in [1.54, 1.807) is 37.5 Å². The van der Waals surface area contributed by atoms with Gasteiger partial charge in [-0.25, -0.2) is 19.2 Å². The van der Waals surface area contributed by atoms with Crippen molar-refractivity contribution < 1.29 is 13.9 Å². The molecule has 0 bridgehead atoms. The lowest BCUT2D eigenvalue weighted by molar-refractivity contribution is 0.0519. The van der Waals surface area contributed by atoms with Gasteiger partial charge in [0.25, 0.3) is 0 Å². The molecule has 1 aromatic carbocycles. The molecule has 3 rings (SSSR count). The lowest BCUT2D eigenvalue weighted by Crippen LogP contribution is -2.04. The molecule has 116 valence electrons. The van der Waals surface area contributed by atoms with Gasteiger partial charge in [0, 0.05) is 23.5 Å². The van der Waals surface area contributed by atoms with E-state index >= 15 is 0 Å². The Hall–Kier alpha value is -3.09. The van der Waals surface area contributed by atoms with Crippen LogP contribution in [0.4, 0.5) is 4.39 Å². The topological polar surface area (TPSA) is 80.8 Å². The average molecular weight is 312 g/mol. The second kappa shape index (κ2) is 6.35. The number of esters is 1. The lowest BCUT2D eigenvalue weighted by Gasteiger charge is -2.01. The molecule has 0 amide bonds. The molecular weight excluding hydrogens is 299 g/mol. The summed E-state index contributed by atoms with van der Waals surface area (Å²) in [6.45, 7) is 2.02. The summed E-state index contributed by atoms with van der Waals surface area (Å²) in [4.78, 5) is 20.0. The van der Waals surface area contributed by atoms with E-state index in [9.17, 15) is 9.18 Å². The molecule has 0 atom stereocenters. The highest BCUT2D eigenvalue weighted by atomic mass is 19.1. The second-order valence-corrected chi connectivity index (χ2v) is 4.69. The molecule has 2 heterocycles. The fraction of sp³-hybridized carbons (Fsp3) is 0.125. The third kappa shape index (κ3) is 3.23. The monoisotopic (exact) mass is 312 g/mol. The summed E-state index contributed by atoms with van der Waals surface area (Å²) in [6, 6.07) is 7.62. The number of hydrogen-bond donors (Lipinski definition) is 1. The molecular formula is C16H13FN4O2. The van der Waals surface area contributed by atoms with Crippen molar-refractivity contribution in [1.29, 1.82) is 0 Å². The van der Waals surface area contributed by atoms with Crippen molar-refractivity contribution >= 4 is 5.97 Å². The van der Waals surface area contributed by atoms with Crippen LogP contribution in [-0.2, 0) is 4.74 Å². The standard InChI is InChI=1S/C16H13FN4O2/c1-2-23-16(22)14-7-13(20-21-14)11-8-18-15(19-9-11)10-4-3-5-12(17)6-10/h3-9H,2H2,1H3,(H,20,21). The Balaban J connectivity index is 1.84. The van der Waals surface area contributed by atoms with Gasteiger partial charge in [0.05, 0.1) is 12.3 Å². The van der Waals surface area contributed by atoms with Crippen molar-refractivity contribution in [3.8, 4) is 22.6 Å². The van der Waals surface area contributed by atoms with Gasteiger partial charge in [-0.2, -0.15) is 5.10 Å². The molecule has 6 nitrogen and oxygen atoms in total. The molecule has 7 heteroatoms. The molecule has 23 heavy (non-hydrogen) atoms. The number of rotatable bonds is 4. The minimum absolute atomic E-state index is 0.260. The van der Waals surface area contributed by atoms with Crippen LogP contribution in [0.3, 0.4) is 0 Å². The van der Waals surface area contributed by atoms with E-state index in [-0.39, 0.29) is 11.5 Å². The fourth-order valence-electron chi connectivity index (χ4n) is 2.02. The Morgan fingerprint density at radius 2 is 2.00 bits per heavy atom. The summed E-state index contributed by atoms with van der Waals surface area (Å²) in [5, 5.41) is 6.65. The van der Waals surface area contributed by atoms with Crippen LogP contribution in [0.5, 0.6) is 0 Å².